The first-order chi connectivity index (χ1) is 33.2. The van der Waals surface area contributed by atoms with Crippen molar-refractivity contribution in [2.75, 3.05) is 4.90 Å². The summed E-state index contributed by atoms with van der Waals surface area (Å²) in [5, 5.41) is 7.31. The highest BCUT2D eigenvalue weighted by Gasteiger charge is 2.17. The molecule has 67 heavy (non-hydrogen) atoms. The Kier molecular flexibility index (Phi) is 9.17. The van der Waals surface area contributed by atoms with Crippen LogP contribution in [0.15, 0.2) is 259 Å². The lowest BCUT2D eigenvalue weighted by Gasteiger charge is -2.26. The molecule has 0 spiro atoms. The second-order valence-corrected chi connectivity index (χ2v) is 17.3. The maximum absolute atomic E-state index is 6.25. The summed E-state index contributed by atoms with van der Waals surface area (Å²) in [6.45, 7) is 0. The second-order valence-electron chi connectivity index (χ2n) is 17.3. The van der Waals surface area contributed by atoms with Crippen molar-refractivity contribution in [3.05, 3.63) is 255 Å². The lowest BCUT2D eigenvalue weighted by molar-refractivity contribution is 0.669. The Bertz CT molecular complexity index is 3880. The van der Waals surface area contributed by atoms with E-state index in [9.17, 15) is 0 Å². The minimum Gasteiger partial charge on any atom is -0.456 e. The van der Waals surface area contributed by atoms with Gasteiger partial charge in [-0.2, -0.15) is 0 Å². The molecule has 0 aliphatic carbocycles. The SMILES string of the molecule is c1ccc2c(-c3ccc(N(c4ccc(-c5ccc(-c6ccc(-n7c8ccccc8c8ccccc87)cc6)cc5)cc4)c4ccc(-c5cccc6oc7ccccc7c56)cc4)cc3)cccc2c1. The monoisotopic (exact) mass is 854 g/mol. The number of hydrogen-bond acceptors (Lipinski definition) is 2. The Morgan fingerprint density at radius 2 is 0.687 bits per heavy atom. The molecule has 0 saturated heterocycles. The molecular formula is C64H42N2O. The summed E-state index contributed by atoms with van der Waals surface area (Å²) in [7, 11) is 0. The van der Waals surface area contributed by atoms with E-state index in [1.807, 2.05) is 12.1 Å². The smallest absolute Gasteiger partial charge is 0.136 e. The van der Waals surface area contributed by atoms with Crippen LogP contribution in [0.25, 0.3) is 105 Å². The molecule has 3 heteroatoms. The number of nitrogens with zero attached hydrogens (tertiary/aromatic N) is 2. The zero-order valence-electron chi connectivity index (χ0n) is 36.6. The number of aromatic nitrogens is 1. The van der Waals surface area contributed by atoms with Crippen molar-refractivity contribution in [1.82, 2.24) is 4.57 Å². The molecule has 3 nitrogen and oxygen atoms in total. The minimum atomic E-state index is 0.899. The van der Waals surface area contributed by atoms with Gasteiger partial charge < -0.3 is 13.9 Å². The Labute approximate surface area is 388 Å². The third kappa shape index (κ3) is 6.67. The van der Waals surface area contributed by atoms with Crippen LogP contribution in [0.3, 0.4) is 0 Å². The lowest BCUT2D eigenvalue weighted by Crippen LogP contribution is -2.09. The third-order valence-electron chi connectivity index (χ3n) is 13.4. The maximum atomic E-state index is 6.25. The molecule has 2 heterocycles. The molecule has 0 radical (unpaired) electrons. The second kappa shape index (κ2) is 16.0. The number of anilines is 3. The highest BCUT2D eigenvalue weighted by atomic mass is 16.3. The Balaban J connectivity index is 0.820. The normalized spacial score (nSPS) is 11.6. The van der Waals surface area contributed by atoms with Crippen LogP contribution >= 0.6 is 0 Å². The largest absolute Gasteiger partial charge is 0.456 e. The van der Waals surface area contributed by atoms with Gasteiger partial charge >= 0.3 is 0 Å². The van der Waals surface area contributed by atoms with Crippen LogP contribution < -0.4 is 4.90 Å². The van der Waals surface area contributed by atoms with Gasteiger partial charge in [-0.25, -0.2) is 0 Å². The molecule has 0 fully saturated rings. The van der Waals surface area contributed by atoms with E-state index in [0.717, 1.165) is 55.8 Å². The summed E-state index contributed by atoms with van der Waals surface area (Å²) < 4.78 is 8.62. The van der Waals surface area contributed by atoms with E-state index in [1.54, 1.807) is 0 Å². The van der Waals surface area contributed by atoms with E-state index in [0.29, 0.717) is 0 Å². The molecule has 0 unspecified atom stereocenters. The summed E-state index contributed by atoms with van der Waals surface area (Å²) in [6.07, 6.45) is 0. The number of hydrogen-bond donors (Lipinski definition) is 0. The van der Waals surface area contributed by atoms with Crippen LogP contribution in [0.4, 0.5) is 17.1 Å². The van der Waals surface area contributed by atoms with E-state index < -0.39 is 0 Å². The van der Waals surface area contributed by atoms with Crippen molar-refractivity contribution in [2.45, 2.75) is 0 Å². The van der Waals surface area contributed by atoms with Crippen LogP contribution in [0.2, 0.25) is 0 Å². The fourth-order valence-electron chi connectivity index (χ4n) is 10.2. The number of benzene rings is 11. The van der Waals surface area contributed by atoms with E-state index >= 15 is 0 Å². The molecule has 13 rings (SSSR count). The summed E-state index contributed by atoms with van der Waals surface area (Å²) in [5.41, 5.74) is 18.1. The fraction of sp³-hybridized carbons (Fsp3) is 0. The predicted molar refractivity (Wildman–Crippen MR) is 282 cm³/mol. The van der Waals surface area contributed by atoms with Crippen molar-refractivity contribution >= 4 is 71.6 Å². The van der Waals surface area contributed by atoms with Crippen LogP contribution in [0, 0.1) is 0 Å². The molecule has 0 aliphatic heterocycles. The number of rotatable bonds is 8. The van der Waals surface area contributed by atoms with E-state index in [-0.39, 0.29) is 0 Å². The zero-order valence-corrected chi connectivity index (χ0v) is 36.6. The first kappa shape index (κ1) is 38.5. The minimum absolute atomic E-state index is 0.899. The first-order valence-corrected chi connectivity index (χ1v) is 22.9. The highest BCUT2D eigenvalue weighted by Crippen LogP contribution is 2.41. The average molecular weight is 855 g/mol. The van der Waals surface area contributed by atoms with Gasteiger partial charge in [-0.3, -0.25) is 0 Å². The van der Waals surface area contributed by atoms with Gasteiger partial charge in [0.25, 0.3) is 0 Å². The summed E-state index contributed by atoms with van der Waals surface area (Å²) in [4.78, 5) is 2.35. The molecule has 0 bridgehead atoms. The molecule has 0 aliphatic rings. The first-order valence-electron chi connectivity index (χ1n) is 22.9. The van der Waals surface area contributed by atoms with Gasteiger partial charge in [-0.1, -0.05) is 182 Å². The predicted octanol–water partition coefficient (Wildman–Crippen LogP) is 18.0. The van der Waals surface area contributed by atoms with Gasteiger partial charge in [0, 0.05) is 44.3 Å². The molecule has 0 N–H and O–H groups in total. The standard InChI is InChI=1S/C64H42N2O/c1-2-13-54-47(11-1)12-9-17-55(54)48-31-39-51(40-32-48)65(52-41-33-49(34-42-52)56-18-10-22-63-64(56)59-16-5-8-21-62(59)67-63)50-35-27-45(28-36-50)43-23-25-44(26-24-43)46-29-37-53(38-30-46)66-60-19-6-3-14-57(60)58-15-4-7-20-61(58)66/h1-42H. The maximum Gasteiger partial charge on any atom is 0.136 e. The number of fused-ring (bicyclic) bond motifs is 7. The molecule has 0 saturated carbocycles. The topological polar surface area (TPSA) is 21.3 Å². The molecule has 314 valence electrons. The molecule has 13 aromatic rings. The molecule has 0 amide bonds. The quantitative estimate of drug-likeness (QED) is 0.152. The van der Waals surface area contributed by atoms with Crippen molar-refractivity contribution < 1.29 is 4.42 Å². The Hall–Kier alpha value is -8.92. The van der Waals surface area contributed by atoms with Crippen molar-refractivity contribution in [3.8, 4) is 50.2 Å². The molecule has 11 aromatic carbocycles. The van der Waals surface area contributed by atoms with Gasteiger partial charge in [0.15, 0.2) is 0 Å². The van der Waals surface area contributed by atoms with Crippen molar-refractivity contribution in [3.63, 3.8) is 0 Å². The van der Waals surface area contributed by atoms with Crippen LogP contribution in [-0.2, 0) is 0 Å². The lowest BCUT2D eigenvalue weighted by atomic mass is 9.97. The average Bonchev–Trinajstić information content (AvgIpc) is 3.96. The molecular weight excluding hydrogens is 813 g/mol. The van der Waals surface area contributed by atoms with Crippen LogP contribution in [0.1, 0.15) is 0 Å². The summed E-state index contributed by atoms with van der Waals surface area (Å²) >= 11 is 0. The fourth-order valence-corrected chi connectivity index (χ4v) is 10.2. The van der Waals surface area contributed by atoms with Gasteiger partial charge in [0.05, 0.1) is 11.0 Å². The zero-order chi connectivity index (χ0) is 44.3. The number of para-hydroxylation sites is 3. The van der Waals surface area contributed by atoms with Crippen molar-refractivity contribution in [2.24, 2.45) is 0 Å². The summed E-state index contributed by atoms with van der Waals surface area (Å²) in [5.74, 6) is 0. The van der Waals surface area contributed by atoms with Gasteiger partial charge in [0.2, 0.25) is 0 Å². The highest BCUT2D eigenvalue weighted by molar-refractivity contribution is 6.12. The van der Waals surface area contributed by atoms with Gasteiger partial charge in [-0.05, 0) is 128 Å². The van der Waals surface area contributed by atoms with Crippen molar-refractivity contribution in [1.29, 1.82) is 0 Å². The van der Waals surface area contributed by atoms with E-state index in [1.165, 1.54) is 66.0 Å². The molecule has 2 aromatic heterocycles. The van der Waals surface area contributed by atoms with Crippen LogP contribution in [-0.4, -0.2) is 4.57 Å². The summed E-state index contributed by atoms with van der Waals surface area (Å²) in [6, 6.07) is 91.8. The number of furan rings is 1. The Morgan fingerprint density at radius 3 is 1.28 bits per heavy atom. The van der Waals surface area contributed by atoms with Gasteiger partial charge in [0.1, 0.15) is 11.2 Å². The van der Waals surface area contributed by atoms with Gasteiger partial charge in [-0.15, -0.1) is 0 Å². The van der Waals surface area contributed by atoms with E-state index in [4.69, 9.17) is 4.42 Å². The molecule has 0 atom stereocenters. The Morgan fingerprint density at radius 1 is 0.284 bits per heavy atom. The van der Waals surface area contributed by atoms with E-state index in [2.05, 4.69) is 252 Å². The third-order valence-corrected chi connectivity index (χ3v) is 13.4. The van der Waals surface area contributed by atoms with Crippen LogP contribution in [0.5, 0.6) is 0 Å².